The van der Waals surface area contributed by atoms with Crippen molar-refractivity contribution in [3.8, 4) is 6.07 Å². The predicted octanol–water partition coefficient (Wildman–Crippen LogP) is 2.39. The Morgan fingerprint density at radius 2 is 2.31 bits per heavy atom. The summed E-state index contributed by atoms with van der Waals surface area (Å²) in [5, 5.41) is 12.4. The topological polar surface area (TPSA) is 52.9 Å². The van der Waals surface area contributed by atoms with Crippen molar-refractivity contribution in [2.75, 3.05) is 23.4 Å². The first-order valence-electron chi connectivity index (χ1n) is 4.96. The van der Waals surface area contributed by atoms with Crippen LogP contribution in [0.25, 0.3) is 0 Å². The van der Waals surface area contributed by atoms with Crippen LogP contribution in [0.1, 0.15) is 12.5 Å². The predicted molar refractivity (Wildman–Crippen MR) is 68.2 cm³/mol. The van der Waals surface area contributed by atoms with Crippen LogP contribution in [0.2, 0.25) is 5.02 Å². The lowest BCUT2D eigenvalue weighted by Gasteiger charge is -2.08. The normalized spacial score (nSPS) is 11.8. The van der Waals surface area contributed by atoms with Crippen LogP contribution < -0.4 is 5.32 Å². The molecule has 0 aliphatic carbocycles. The summed E-state index contributed by atoms with van der Waals surface area (Å²) in [5.41, 5.74) is 1.13. The Morgan fingerprint density at radius 3 is 2.94 bits per heavy atom. The Morgan fingerprint density at radius 1 is 1.56 bits per heavy atom. The van der Waals surface area contributed by atoms with Crippen molar-refractivity contribution in [3.63, 3.8) is 0 Å². The standard InChI is InChI=1S/C11H13ClN2OS/c1-2-16(15)7-6-14-11-5-3-4-10(12)9(11)8-13/h3-5,14H,2,6-7H2,1H3. The fraction of sp³-hybridized carbons (Fsp3) is 0.364. The van der Waals surface area contributed by atoms with Gasteiger partial charge in [0.1, 0.15) is 6.07 Å². The highest BCUT2D eigenvalue weighted by atomic mass is 35.5. The molecular formula is C11H13ClN2OS. The van der Waals surface area contributed by atoms with Crippen molar-refractivity contribution < 1.29 is 4.21 Å². The van der Waals surface area contributed by atoms with E-state index in [2.05, 4.69) is 5.32 Å². The minimum absolute atomic E-state index is 0.434. The number of hydrogen-bond acceptors (Lipinski definition) is 3. The van der Waals surface area contributed by atoms with Gasteiger partial charge in [-0.05, 0) is 12.1 Å². The van der Waals surface area contributed by atoms with Gasteiger partial charge in [-0.3, -0.25) is 4.21 Å². The lowest BCUT2D eigenvalue weighted by Crippen LogP contribution is -2.12. The van der Waals surface area contributed by atoms with Gasteiger partial charge < -0.3 is 5.32 Å². The summed E-state index contributed by atoms with van der Waals surface area (Å²) in [4.78, 5) is 0. The van der Waals surface area contributed by atoms with E-state index < -0.39 is 10.8 Å². The van der Waals surface area contributed by atoms with Gasteiger partial charge in [0, 0.05) is 28.9 Å². The zero-order valence-corrected chi connectivity index (χ0v) is 10.6. The Balaban J connectivity index is 2.64. The highest BCUT2D eigenvalue weighted by Gasteiger charge is 2.05. The number of benzene rings is 1. The number of hydrogen-bond donors (Lipinski definition) is 1. The maximum absolute atomic E-state index is 11.2. The molecule has 1 aromatic carbocycles. The van der Waals surface area contributed by atoms with Crippen LogP contribution in [-0.2, 0) is 10.8 Å². The van der Waals surface area contributed by atoms with Gasteiger partial charge in [-0.15, -0.1) is 0 Å². The summed E-state index contributed by atoms with van der Waals surface area (Å²) >= 11 is 5.88. The van der Waals surface area contributed by atoms with Crippen molar-refractivity contribution in [1.29, 1.82) is 5.26 Å². The molecule has 0 saturated heterocycles. The largest absolute Gasteiger partial charge is 0.383 e. The fourth-order valence-corrected chi connectivity index (χ4v) is 2.06. The van der Waals surface area contributed by atoms with Crippen molar-refractivity contribution in [2.24, 2.45) is 0 Å². The molecule has 0 fully saturated rings. The Labute approximate surface area is 103 Å². The van der Waals surface area contributed by atoms with Crippen molar-refractivity contribution in [3.05, 3.63) is 28.8 Å². The second kappa shape index (κ2) is 6.51. The Bertz CT molecular complexity index is 428. The molecule has 0 spiro atoms. The smallest absolute Gasteiger partial charge is 0.103 e. The molecule has 1 N–H and O–H groups in total. The molecule has 1 aromatic rings. The van der Waals surface area contributed by atoms with Crippen LogP contribution in [0.3, 0.4) is 0 Å². The lowest BCUT2D eigenvalue weighted by atomic mass is 10.2. The molecule has 0 aliphatic rings. The van der Waals surface area contributed by atoms with Gasteiger partial charge in [-0.2, -0.15) is 5.26 Å². The SMILES string of the molecule is CCS(=O)CCNc1cccc(Cl)c1C#N. The second-order valence-corrected chi connectivity index (χ2v) is 5.41. The molecule has 0 radical (unpaired) electrons. The molecule has 3 nitrogen and oxygen atoms in total. The van der Waals surface area contributed by atoms with Crippen LogP contribution in [-0.4, -0.2) is 22.3 Å². The van der Waals surface area contributed by atoms with Gasteiger partial charge in [0.05, 0.1) is 16.3 Å². The first kappa shape index (κ1) is 13.0. The third-order valence-corrected chi connectivity index (χ3v) is 3.71. The van der Waals surface area contributed by atoms with E-state index in [-0.39, 0.29) is 0 Å². The minimum atomic E-state index is -0.793. The highest BCUT2D eigenvalue weighted by molar-refractivity contribution is 7.84. The number of nitriles is 1. The van der Waals surface area contributed by atoms with Crippen molar-refractivity contribution >= 4 is 28.1 Å². The van der Waals surface area contributed by atoms with Crippen LogP contribution >= 0.6 is 11.6 Å². The van der Waals surface area contributed by atoms with Crippen molar-refractivity contribution in [1.82, 2.24) is 0 Å². The fourth-order valence-electron chi connectivity index (χ4n) is 1.23. The molecule has 1 atom stereocenters. The molecule has 0 amide bonds. The van der Waals surface area contributed by atoms with E-state index in [1.54, 1.807) is 18.2 Å². The van der Waals surface area contributed by atoms with Gasteiger partial charge in [-0.25, -0.2) is 0 Å². The van der Waals surface area contributed by atoms with Crippen molar-refractivity contribution in [2.45, 2.75) is 6.92 Å². The van der Waals surface area contributed by atoms with Crippen LogP contribution in [0.15, 0.2) is 18.2 Å². The highest BCUT2D eigenvalue weighted by Crippen LogP contribution is 2.22. The zero-order chi connectivity index (χ0) is 12.0. The quantitative estimate of drug-likeness (QED) is 0.880. The molecule has 0 bridgehead atoms. The third-order valence-electron chi connectivity index (χ3n) is 2.09. The first-order chi connectivity index (χ1) is 7.69. The molecule has 1 unspecified atom stereocenters. The number of rotatable bonds is 5. The molecule has 5 heteroatoms. The third kappa shape index (κ3) is 3.51. The van der Waals surface area contributed by atoms with Gasteiger partial charge in [0.2, 0.25) is 0 Å². The summed E-state index contributed by atoms with van der Waals surface area (Å²) in [6, 6.07) is 7.29. The van der Waals surface area contributed by atoms with E-state index in [1.807, 2.05) is 13.0 Å². The average molecular weight is 257 g/mol. The first-order valence-corrected chi connectivity index (χ1v) is 6.83. The molecule has 86 valence electrons. The average Bonchev–Trinajstić information content (AvgIpc) is 2.29. The summed E-state index contributed by atoms with van der Waals surface area (Å²) in [6.07, 6.45) is 0. The van der Waals surface area contributed by atoms with Gasteiger partial charge in [0.25, 0.3) is 0 Å². The van der Waals surface area contributed by atoms with Gasteiger partial charge in [0.15, 0.2) is 0 Å². The number of halogens is 1. The maximum atomic E-state index is 11.2. The Hall–Kier alpha value is -1.05. The summed E-state index contributed by atoms with van der Waals surface area (Å²) in [6.45, 7) is 2.46. The summed E-state index contributed by atoms with van der Waals surface area (Å²) < 4.78 is 11.2. The van der Waals surface area contributed by atoms with E-state index in [1.165, 1.54) is 0 Å². The summed E-state index contributed by atoms with van der Waals surface area (Å²) in [5.74, 6) is 1.23. The monoisotopic (exact) mass is 256 g/mol. The second-order valence-electron chi connectivity index (χ2n) is 3.13. The van der Waals surface area contributed by atoms with E-state index in [4.69, 9.17) is 16.9 Å². The van der Waals surface area contributed by atoms with Crippen LogP contribution in [0, 0.1) is 11.3 Å². The van der Waals surface area contributed by atoms with E-state index >= 15 is 0 Å². The number of anilines is 1. The van der Waals surface area contributed by atoms with Gasteiger partial charge >= 0.3 is 0 Å². The molecular weight excluding hydrogens is 244 g/mol. The lowest BCUT2D eigenvalue weighted by molar-refractivity contribution is 0.684. The molecule has 0 heterocycles. The van der Waals surface area contributed by atoms with E-state index in [9.17, 15) is 4.21 Å². The molecule has 0 aliphatic heterocycles. The zero-order valence-electron chi connectivity index (χ0n) is 9.00. The summed E-state index contributed by atoms with van der Waals surface area (Å²) in [7, 11) is -0.793. The number of nitrogens with one attached hydrogen (secondary N) is 1. The van der Waals surface area contributed by atoms with E-state index in [0.717, 1.165) is 0 Å². The minimum Gasteiger partial charge on any atom is -0.383 e. The van der Waals surface area contributed by atoms with E-state index in [0.29, 0.717) is 34.3 Å². The maximum Gasteiger partial charge on any atom is 0.103 e. The molecule has 0 aromatic heterocycles. The molecule has 0 saturated carbocycles. The van der Waals surface area contributed by atoms with Crippen LogP contribution in [0.4, 0.5) is 5.69 Å². The molecule has 1 rings (SSSR count). The molecule has 16 heavy (non-hydrogen) atoms. The van der Waals surface area contributed by atoms with Crippen LogP contribution in [0.5, 0.6) is 0 Å². The number of nitrogens with zero attached hydrogens (tertiary/aromatic N) is 1. The Kier molecular flexibility index (Phi) is 5.30. The van der Waals surface area contributed by atoms with Gasteiger partial charge in [-0.1, -0.05) is 24.6 Å².